The van der Waals surface area contributed by atoms with Crippen LogP contribution in [0.1, 0.15) is 58.0 Å². The van der Waals surface area contributed by atoms with Crippen LogP contribution in [0.25, 0.3) is 16.6 Å². The van der Waals surface area contributed by atoms with Crippen molar-refractivity contribution in [3.05, 3.63) is 70.3 Å². The van der Waals surface area contributed by atoms with Crippen molar-refractivity contribution in [3.63, 3.8) is 0 Å². The van der Waals surface area contributed by atoms with Crippen LogP contribution in [0.4, 0.5) is 0 Å². The highest BCUT2D eigenvalue weighted by Gasteiger charge is 2.29. The summed E-state index contributed by atoms with van der Waals surface area (Å²) in [6, 6.07) is 14.8. The number of para-hydroxylation sites is 1. The molecule has 3 rings (SSSR count). The molecular weight excluding hydrogens is 414 g/mol. The average Bonchev–Trinajstić information content (AvgIpc) is 2.76. The Labute approximate surface area is 196 Å². The highest BCUT2D eigenvalue weighted by molar-refractivity contribution is 5.79. The Hall–Kier alpha value is -2.99. The van der Waals surface area contributed by atoms with Crippen molar-refractivity contribution in [2.24, 2.45) is 5.41 Å². The molecule has 0 bridgehead atoms. The van der Waals surface area contributed by atoms with Gasteiger partial charge in [-0.3, -0.25) is 14.2 Å². The lowest BCUT2D eigenvalue weighted by Gasteiger charge is -2.32. The van der Waals surface area contributed by atoms with Gasteiger partial charge in [0, 0.05) is 26.7 Å². The summed E-state index contributed by atoms with van der Waals surface area (Å²) in [7, 11) is 1.66. The Balaban J connectivity index is 2.17. The van der Waals surface area contributed by atoms with E-state index in [0.717, 1.165) is 11.3 Å². The number of carbonyl (C=O) groups is 1. The number of aryl methyl sites for hydroxylation is 1. The van der Waals surface area contributed by atoms with Crippen LogP contribution in [-0.4, -0.2) is 40.6 Å². The fourth-order valence-electron chi connectivity index (χ4n) is 3.98. The van der Waals surface area contributed by atoms with Crippen molar-refractivity contribution < 1.29 is 9.53 Å². The lowest BCUT2D eigenvalue weighted by molar-refractivity contribution is -0.135. The zero-order valence-corrected chi connectivity index (χ0v) is 20.6. The van der Waals surface area contributed by atoms with E-state index in [4.69, 9.17) is 9.72 Å². The first kappa shape index (κ1) is 24.6. The molecule has 0 saturated carbocycles. The van der Waals surface area contributed by atoms with E-state index in [1.165, 1.54) is 0 Å². The first-order chi connectivity index (χ1) is 15.6. The van der Waals surface area contributed by atoms with Crippen LogP contribution in [0.5, 0.6) is 0 Å². The Morgan fingerprint density at radius 1 is 1.12 bits per heavy atom. The molecule has 1 unspecified atom stereocenters. The molecule has 1 amide bonds. The van der Waals surface area contributed by atoms with Crippen molar-refractivity contribution in [3.8, 4) is 5.69 Å². The molecule has 1 heterocycles. The number of rotatable bonds is 8. The molecule has 1 atom stereocenters. The number of carbonyl (C=O) groups excluding carboxylic acids is 1. The molecule has 6 heteroatoms. The van der Waals surface area contributed by atoms with Gasteiger partial charge < -0.3 is 9.64 Å². The molecule has 0 fully saturated rings. The maximum atomic E-state index is 13.6. The third-order valence-corrected chi connectivity index (χ3v) is 5.68. The first-order valence-electron chi connectivity index (χ1n) is 11.5. The number of amides is 1. The highest BCUT2D eigenvalue weighted by atomic mass is 16.5. The summed E-state index contributed by atoms with van der Waals surface area (Å²) >= 11 is 0. The van der Waals surface area contributed by atoms with Gasteiger partial charge in [-0.05, 0) is 49.9 Å². The average molecular weight is 450 g/mol. The van der Waals surface area contributed by atoms with E-state index in [0.29, 0.717) is 42.7 Å². The van der Waals surface area contributed by atoms with Crippen molar-refractivity contribution in [2.45, 2.75) is 53.5 Å². The molecule has 0 spiro atoms. The minimum atomic E-state index is -0.393. The summed E-state index contributed by atoms with van der Waals surface area (Å²) in [5.74, 6) is 0.603. The van der Waals surface area contributed by atoms with Crippen molar-refractivity contribution in [2.75, 3.05) is 20.3 Å². The molecule has 0 aliphatic rings. The standard InChI is InChI=1S/C27H35N3O3/c1-19-12-14-21(15-13-19)30-25(28-23-11-8-7-10-22(23)26(30)32)20(2)29(16-9-17-33-6)24(31)18-27(3,4)5/h7-8,10-15,20H,9,16-18H2,1-6H3. The molecule has 0 saturated heterocycles. The van der Waals surface area contributed by atoms with E-state index in [-0.39, 0.29) is 16.9 Å². The van der Waals surface area contributed by atoms with Crippen LogP contribution >= 0.6 is 0 Å². The topological polar surface area (TPSA) is 64.4 Å². The number of fused-ring (bicyclic) bond motifs is 1. The van der Waals surface area contributed by atoms with Gasteiger partial charge in [-0.15, -0.1) is 0 Å². The molecular formula is C27H35N3O3. The summed E-state index contributed by atoms with van der Waals surface area (Å²) in [5.41, 5.74) is 2.20. The highest BCUT2D eigenvalue weighted by Crippen LogP contribution is 2.27. The monoisotopic (exact) mass is 449 g/mol. The van der Waals surface area contributed by atoms with E-state index in [1.807, 2.05) is 61.2 Å². The van der Waals surface area contributed by atoms with Crippen molar-refractivity contribution in [1.82, 2.24) is 14.5 Å². The molecule has 2 aromatic carbocycles. The lowest BCUT2D eigenvalue weighted by Crippen LogP contribution is -2.39. The molecule has 6 nitrogen and oxygen atoms in total. The van der Waals surface area contributed by atoms with E-state index in [1.54, 1.807) is 17.7 Å². The van der Waals surface area contributed by atoms with E-state index >= 15 is 0 Å². The molecule has 3 aromatic rings. The molecule has 0 aliphatic carbocycles. The number of hydrogen-bond donors (Lipinski definition) is 0. The molecule has 33 heavy (non-hydrogen) atoms. The van der Waals surface area contributed by atoms with Crippen LogP contribution in [0.2, 0.25) is 0 Å². The summed E-state index contributed by atoms with van der Waals surface area (Å²) in [5, 5.41) is 0.556. The molecule has 1 aromatic heterocycles. The summed E-state index contributed by atoms with van der Waals surface area (Å²) in [6.07, 6.45) is 1.12. The van der Waals surface area contributed by atoms with E-state index in [9.17, 15) is 9.59 Å². The Morgan fingerprint density at radius 2 is 1.79 bits per heavy atom. The van der Waals surface area contributed by atoms with Crippen molar-refractivity contribution in [1.29, 1.82) is 0 Å². The third kappa shape index (κ3) is 5.88. The Kier molecular flexibility index (Phi) is 7.69. The minimum Gasteiger partial charge on any atom is -0.385 e. The maximum absolute atomic E-state index is 13.6. The van der Waals surface area contributed by atoms with E-state index < -0.39 is 6.04 Å². The smallest absolute Gasteiger partial charge is 0.266 e. The number of benzene rings is 2. The quantitative estimate of drug-likeness (QED) is 0.451. The van der Waals surface area contributed by atoms with Crippen LogP contribution < -0.4 is 5.56 Å². The second kappa shape index (κ2) is 10.3. The van der Waals surface area contributed by atoms with Gasteiger partial charge in [0.15, 0.2) is 0 Å². The largest absolute Gasteiger partial charge is 0.385 e. The zero-order valence-electron chi connectivity index (χ0n) is 20.6. The van der Waals surface area contributed by atoms with Gasteiger partial charge in [-0.25, -0.2) is 4.98 Å². The predicted molar refractivity (Wildman–Crippen MR) is 133 cm³/mol. The maximum Gasteiger partial charge on any atom is 0.266 e. The number of hydrogen-bond acceptors (Lipinski definition) is 4. The second-order valence-electron chi connectivity index (χ2n) is 9.81. The van der Waals surface area contributed by atoms with Gasteiger partial charge in [0.1, 0.15) is 5.82 Å². The zero-order chi connectivity index (χ0) is 24.2. The molecule has 0 N–H and O–H groups in total. The van der Waals surface area contributed by atoms with Gasteiger partial charge >= 0.3 is 0 Å². The molecule has 0 radical (unpaired) electrons. The van der Waals surface area contributed by atoms with Crippen LogP contribution in [0, 0.1) is 12.3 Å². The van der Waals surface area contributed by atoms with Gasteiger partial charge in [0.25, 0.3) is 5.56 Å². The number of aromatic nitrogens is 2. The third-order valence-electron chi connectivity index (χ3n) is 5.68. The molecule has 176 valence electrons. The Bertz CT molecular complexity index is 1160. The van der Waals surface area contributed by atoms with Crippen molar-refractivity contribution >= 4 is 16.8 Å². The van der Waals surface area contributed by atoms with E-state index in [2.05, 4.69) is 20.8 Å². The number of nitrogens with zero attached hydrogens (tertiary/aromatic N) is 3. The fourth-order valence-corrected chi connectivity index (χ4v) is 3.98. The first-order valence-corrected chi connectivity index (χ1v) is 11.5. The number of ether oxygens (including phenoxy) is 1. The van der Waals surface area contributed by atoms with Gasteiger partial charge in [0.05, 0.1) is 22.6 Å². The number of methoxy groups -OCH3 is 1. The van der Waals surface area contributed by atoms with Gasteiger partial charge in [-0.1, -0.05) is 50.6 Å². The fraction of sp³-hybridized carbons (Fsp3) is 0.444. The van der Waals surface area contributed by atoms with Crippen LogP contribution in [0.15, 0.2) is 53.3 Å². The van der Waals surface area contributed by atoms with Gasteiger partial charge in [-0.2, -0.15) is 0 Å². The summed E-state index contributed by atoms with van der Waals surface area (Å²) in [6.45, 7) is 11.2. The lowest BCUT2D eigenvalue weighted by atomic mass is 9.91. The predicted octanol–water partition coefficient (Wildman–Crippen LogP) is 5.06. The normalized spacial score (nSPS) is 12.7. The molecule has 0 aliphatic heterocycles. The summed E-state index contributed by atoms with van der Waals surface area (Å²) < 4.78 is 6.88. The Morgan fingerprint density at radius 3 is 2.42 bits per heavy atom. The SMILES string of the molecule is COCCCN(C(=O)CC(C)(C)C)C(C)c1nc2ccccc2c(=O)n1-c1ccc(C)cc1. The van der Waals surface area contributed by atoms with Crippen LogP contribution in [-0.2, 0) is 9.53 Å². The summed E-state index contributed by atoms with van der Waals surface area (Å²) in [4.78, 5) is 33.7. The second-order valence-corrected chi connectivity index (χ2v) is 9.81. The van der Waals surface area contributed by atoms with Crippen LogP contribution in [0.3, 0.4) is 0 Å². The van der Waals surface area contributed by atoms with Gasteiger partial charge in [0.2, 0.25) is 5.91 Å². The minimum absolute atomic E-state index is 0.0453.